The third-order valence-corrected chi connectivity index (χ3v) is 9.61. The standard InChI is InChI=1S/C25H24N6O5S3/c26-7-8-27-21(33)14-4-3-9-30(10-14)11-15-12-37-23-19(22(34)31(23)20(15)24(35)36)29-18(32)13-38-25-28-16-5-1-2-6-17(16)39-25/h1-6,9-10,19,23H,7-8,11-13,26H2,(H2-,27,29,32,33,35,36)/p+1/t19-,23+/m0/s1. The lowest BCUT2D eigenvalue weighted by Crippen LogP contribution is -2.71. The van der Waals surface area contributed by atoms with Gasteiger partial charge >= 0.3 is 5.97 Å². The van der Waals surface area contributed by atoms with E-state index in [0.29, 0.717) is 30.0 Å². The van der Waals surface area contributed by atoms with Gasteiger partial charge in [0.1, 0.15) is 22.7 Å². The van der Waals surface area contributed by atoms with Crippen molar-refractivity contribution in [3.8, 4) is 0 Å². The Labute approximate surface area is 235 Å². The molecular weight excluding hydrogens is 561 g/mol. The van der Waals surface area contributed by atoms with Gasteiger partial charge in [0.05, 0.1) is 16.0 Å². The van der Waals surface area contributed by atoms with Gasteiger partial charge in [-0.15, -0.1) is 23.1 Å². The zero-order valence-corrected chi connectivity index (χ0v) is 23.0. The second kappa shape index (κ2) is 11.7. The Balaban J connectivity index is 1.23. The van der Waals surface area contributed by atoms with Gasteiger partial charge in [0.25, 0.3) is 11.8 Å². The van der Waals surface area contributed by atoms with Crippen molar-refractivity contribution in [2.45, 2.75) is 22.3 Å². The monoisotopic (exact) mass is 585 g/mol. The number of thiazole rings is 1. The molecule has 0 saturated carbocycles. The number of amides is 3. The first-order valence-corrected chi connectivity index (χ1v) is 14.9. The Kier molecular flexibility index (Phi) is 8.16. The molecule has 202 valence electrons. The molecule has 1 saturated heterocycles. The minimum absolute atomic E-state index is 0.0800. The highest BCUT2D eigenvalue weighted by molar-refractivity contribution is 8.01. The summed E-state index contributed by atoms with van der Waals surface area (Å²) >= 11 is 4.20. The zero-order chi connectivity index (χ0) is 27.5. The molecule has 2 atom stereocenters. The van der Waals surface area contributed by atoms with Crippen molar-refractivity contribution in [2.75, 3.05) is 24.6 Å². The Hall–Kier alpha value is -3.46. The largest absolute Gasteiger partial charge is 0.477 e. The Morgan fingerprint density at radius 2 is 2.05 bits per heavy atom. The number of nitrogens with one attached hydrogen (secondary N) is 2. The number of carbonyl (C=O) groups is 4. The molecule has 14 heteroatoms. The first-order valence-electron chi connectivity index (χ1n) is 12.0. The smallest absolute Gasteiger partial charge is 0.352 e. The van der Waals surface area contributed by atoms with Crippen LogP contribution in [0.25, 0.3) is 10.2 Å². The lowest BCUT2D eigenvalue weighted by Gasteiger charge is -2.49. The number of nitrogens with zero attached hydrogens (tertiary/aromatic N) is 3. The first-order chi connectivity index (χ1) is 18.9. The quantitative estimate of drug-likeness (QED) is 0.153. The number of para-hydroxylation sites is 1. The number of carbonyl (C=O) groups excluding carboxylic acids is 3. The van der Waals surface area contributed by atoms with Crippen LogP contribution < -0.4 is 20.9 Å². The molecular formula is C25H25N6O5S3+. The summed E-state index contributed by atoms with van der Waals surface area (Å²) in [6.07, 6.45) is 3.35. The van der Waals surface area contributed by atoms with E-state index in [1.807, 2.05) is 24.3 Å². The van der Waals surface area contributed by atoms with Gasteiger partial charge in [-0.25, -0.2) is 14.3 Å². The Bertz CT molecular complexity index is 1460. The van der Waals surface area contributed by atoms with E-state index in [-0.39, 0.29) is 29.8 Å². The van der Waals surface area contributed by atoms with Crippen LogP contribution >= 0.6 is 34.9 Å². The molecule has 2 aromatic heterocycles. The van der Waals surface area contributed by atoms with Crippen LogP contribution in [-0.4, -0.2) is 74.7 Å². The number of nitrogens with two attached hydrogens (primary N) is 1. The summed E-state index contributed by atoms with van der Waals surface area (Å²) < 4.78 is 3.51. The van der Waals surface area contributed by atoms with E-state index in [9.17, 15) is 24.3 Å². The fraction of sp³-hybridized carbons (Fsp3) is 0.280. The van der Waals surface area contributed by atoms with Crippen LogP contribution in [0.1, 0.15) is 10.4 Å². The van der Waals surface area contributed by atoms with E-state index < -0.39 is 23.3 Å². The number of hydrogen-bond donors (Lipinski definition) is 4. The number of rotatable bonds is 10. The summed E-state index contributed by atoms with van der Waals surface area (Å²) in [4.78, 5) is 55.8. The van der Waals surface area contributed by atoms with Gasteiger partial charge in [-0.05, 0) is 18.2 Å². The van der Waals surface area contributed by atoms with Gasteiger partial charge in [0, 0.05) is 30.5 Å². The van der Waals surface area contributed by atoms with Gasteiger partial charge < -0.3 is 21.5 Å². The van der Waals surface area contributed by atoms with E-state index in [4.69, 9.17) is 5.73 Å². The van der Waals surface area contributed by atoms with Gasteiger partial charge in [-0.2, -0.15) is 0 Å². The number of thioether (sulfide) groups is 2. The van der Waals surface area contributed by atoms with Crippen molar-refractivity contribution in [1.29, 1.82) is 0 Å². The number of hydrogen-bond acceptors (Lipinski definition) is 9. The summed E-state index contributed by atoms with van der Waals surface area (Å²) in [6, 6.07) is 10.3. The molecule has 1 aromatic carbocycles. The Morgan fingerprint density at radius 1 is 1.23 bits per heavy atom. The predicted molar refractivity (Wildman–Crippen MR) is 148 cm³/mol. The average Bonchev–Trinajstić information content (AvgIpc) is 3.36. The number of carboxylic acid groups (broad SMARTS) is 1. The molecule has 3 aromatic rings. The molecule has 2 aliphatic rings. The van der Waals surface area contributed by atoms with E-state index in [0.717, 1.165) is 14.6 Å². The minimum atomic E-state index is -1.21. The molecule has 0 unspecified atom stereocenters. The molecule has 1 fully saturated rings. The molecule has 11 nitrogen and oxygen atoms in total. The van der Waals surface area contributed by atoms with Gasteiger partial charge in [-0.1, -0.05) is 23.9 Å². The third kappa shape index (κ3) is 5.78. The summed E-state index contributed by atoms with van der Waals surface area (Å²) in [5.41, 5.74) is 7.18. The highest BCUT2D eigenvalue weighted by Crippen LogP contribution is 2.40. The lowest BCUT2D eigenvalue weighted by molar-refractivity contribution is -0.689. The number of aliphatic carboxylic acids is 1. The van der Waals surface area contributed by atoms with E-state index >= 15 is 0 Å². The normalized spacial score (nSPS) is 18.5. The molecule has 0 radical (unpaired) electrons. The second-order valence-corrected chi connectivity index (χ2v) is 12.1. The number of β-lactam (4-membered cyclic amide) rings is 1. The molecule has 3 amide bonds. The molecule has 2 aliphatic heterocycles. The maximum absolute atomic E-state index is 13.0. The molecule has 5 rings (SSSR count). The maximum atomic E-state index is 13.0. The Morgan fingerprint density at radius 3 is 2.82 bits per heavy atom. The van der Waals surface area contributed by atoms with Crippen LogP contribution in [0.5, 0.6) is 0 Å². The van der Waals surface area contributed by atoms with Crippen LogP contribution in [0.2, 0.25) is 0 Å². The van der Waals surface area contributed by atoms with Crippen LogP contribution in [0.4, 0.5) is 0 Å². The van der Waals surface area contributed by atoms with E-state index in [1.165, 1.54) is 39.8 Å². The van der Waals surface area contributed by atoms with Crippen molar-refractivity contribution in [3.63, 3.8) is 0 Å². The van der Waals surface area contributed by atoms with Crippen LogP contribution in [0, 0.1) is 0 Å². The van der Waals surface area contributed by atoms with Crippen molar-refractivity contribution < 1.29 is 28.9 Å². The second-order valence-electron chi connectivity index (χ2n) is 8.76. The molecule has 0 bridgehead atoms. The van der Waals surface area contributed by atoms with Gasteiger partial charge in [0.15, 0.2) is 23.3 Å². The zero-order valence-electron chi connectivity index (χ0n) is 20.5. The SMILES string of the molecule is NCCNC(=O)c1ccc[n+](CC2=C(C(=O)O)N3C(=O)[C@H](NC(=O)CSc4nc5ccccc5s4)[C@H]3SC2)c1. The van der Waals surface area contributed by atoms with Gasteiger partial charge in [0.2, 0.25) is 5.91 Å². The molecule has 5 N–H and O–H groups in total. The lowest BCUT2D eigenvalue weighted by atomic mass is 10.0. The van der Waals surface area contributed by atoms with E-state index in [1.54, 1.807) is 29.1 Å². The van der Waals surface area contributed by atoms with Crippen molar-refractivity contribution in [2.24, 2.45) is 5.73 Å². The van der Waals surface area contributed by atoms with Crippen LogP contribution in [0.3, 0.4) is 0 Å². The van der Waals surface area contributed by atoms with Gasteiger partial charge in [-0.3, -0.25) is 19.3 Å². The maximum Gasteiger partial charge on any atom is 0.352 e. The minimum Gasteiger partial charge on any atom is -0.477 e. The van der Waals surface area contributed by atoms with Crippen molar-refractivity contribution >= 4 is 68.8 Å². The molecule has 0 aliphatic carbocycles. The van der Waals surface area contributed by atoms with E-state index in [2.05, 4.69) is 15.6 Å². The third-order valence-electron chi connectivity index (χ3n) is 6.09. The molecule has 39 heavy (non-hydrogen) atoms. The van der Waals surface area contributed by atoms with Crippen molar-refractivity contribution in [3.05, 3.63) is 65.6 Å². The van der Waals surface area contributed by atoms with Crippen molar-refractivity contribution in [1.82, 2.24) is 20.5 Å². The van der Waals surface area contributed by atoms with Crippen LogP contribution in [-0.2, 0) is 20.9 Å². The number of benzene rings is 1. The highest BCUT2D eigenvalue weighted by atomic mass is 32.2. The summed E-state index contributed by atoms with van der Waals surface area (Å²) in [5, 5.41) is 14.9. The molecule has 0 spiro atoms. The summed E-state index contributed by atoms with van der Waals surface area (Å²) in [7, 11) is 0. The fourth-order valence-electron chi connectivity index (χ4n) is 4.32. The topological polar surface area (TPSA) is 159 Å². The highest BCUT2D eigenvalue weighted by Gasteiger charge is 2.54. The number of pyridine rings is 1. The first kappa shape index (κ1) is 27.1. The number of carboxylic acids is 1. The average molecular weight is 586 g/mol. The predicted octanol–water partition coefficient (Wildman–Crippen LogP) is 0.803. The van der Waals surface area contributed by atoms with Crippen LogP contribution in [0.15, 0.2) is 64.4 Å². The molecule has 4 heterocycles. The number of aromatic nitrogens is 2. The summed E-state index contributed by atoms with van der Waals surface area (Å²) in [5.74, 6) is -1.81. The fourth-order valence-corrected chi connectivity index (χ4v) is 7.54. The number of fused-ring (bicyclic) bond motifs is 2. The summed E-state index contributed by atoms with van der Waals surface area (Å²) in [6.45, 7) is 0.855.